The molecule has 0 aliphatic heterocycles. The number of imidazole rings is 1. The van der Waals surface area contributed by atoms with Gasteiger partial charge in [-0.05, 0) is 57.7 Å². The summed E-state index contributed by atoms with van der Waals surface area (Å²) in [5.74, 6) is 5.86. The Hall–Kier alpha value is -3.85. The summed E-state index contributed by atoms with van der Waals surface area (Å²) in [4.78, 5) is 42.0. The first kappa shape index (κ1) is 26.2. The molecule has 1 N–H and O–H groups in total. The van der Waals surface area contributed by atoms with E-state index in [-0.39, 0.29) is 34.5 Å². The van der Waals surface area contributed by atoms with Crippen LogP contribution in [0.15, 0.2) is 39.0 Å². The van der Waals surface area contributed by atoms with E-state index in [1.807, 2.05) is 0 Å². The summed E-state index contributed by atoms with van der Waals surface area (Å²) >= 11 is 0. The summed E-state index contributed by atoms with van der Waals surface area (Å²) in [5.41, 5.74) is -0.890. The number of nitrogens with zero attached hydrogens (tertiary/aromatic N) is 4. The molecule has 12 heteroatoms. The predicted molar refractivity (Wildman–Crippen MR) is 138 cm³/mol. The largest absolute Gasteiger partial charge is 0.444 e. The highest BCUT2D eigenvalue weighted by atomic mass is 32.2. The number of benzene rings is 1. The minimum absolute atomic E-state index is 0.0156. The van der Waals surface area contributed by atoms with Crippen LogP contribution in [0.2, 0.25) is 0 Å². The molecule has 1 aromatic carbocycles. The van der Waals surface area contributed by atoms with Crippen LogP contribution in [-0.4, -0.2) is 44.6 Å². The summed E-state index contributed by atoms with van der Waals surface area (Å²) in [7, 11) is -0.948. The molecule has 1 amide bonds. The molecule has 2 heterocycles. The van der Waals surface area contributed by atoms with Crippen molar-refractivity contribution >= 4 is 32.8 Å². The minimum atomic E-state index is -3.73. The molecular weight excluding hydrogens is 498 g/mol. The first-order valence-electron chi connectivity index (χ1n) is 11.7. The summed E-state index contributed by atoms with van der Waals surface area (Å²) in [5, 5.41) is 2.41. The van der Waals surface area contributed by atoms with Crippen molar-refractivity contribution in [3.8, 4) is 11.8 Å². The topological polar surface area (TPSA) is 134 Å². The van der Waals surface area contributed by atoms with Gasteiger partial charge in [-0.1, -0.05) is 17.9 Å². The average Bonchev–Trinajstić information content (AvgIpc) is 3.52. The molecule has 11 nitrogen and oxygen atoms in total. The van der Waals surface area contributed by atoms with Gasteiger partial charge in [-0.3, -0.25) is 19.2 Å². The zero-order valence-corrected chi connectivity index (χ0v) is 22.2. The van der Waals surface area contributed by atoms with Gasteiger partial charge in [-0.2, -0.15) is 4.98 Å². The summed E-state index contributed by atoms with van der Waals surface area (Å²) in [6.45, 7) is 5.16. The van der Waals surface area contributed by atoms with Crippen LogP contribution in [0.4, 0.5) is 10.5 Å². The lowest BCUT2D eigenvalue weighted by Gasteiger charge is -2.19. The monoisotopic (exact) mass is 527 g/mol. The van der Waals surface area contributed by atoms with Crippen LogP contribution in [0.5, 0.6) is 0 Å². The summed E-state index contributed by atoms with van der Waals surface area (Å²) in [6.07, 6.45) is 1.10. The summed E-state index contributed by atoms with van der Waals surface area (Å²) < 4.78 is 34.4. The molecule has 0 spiro atoms. The van der Waals surface area contributed by atoms with Crippen LogP contribution >= 0.6 is 0 Å². The van der Waals surface area contributed by atoms with Gasteiger partial charge in [0.15, 0.2) is 11.2 Å². The van der Waals surface area contributed by atoms with Gasteiger partial charge in [0.2, 0.25) is 15.0 Å². The zero-order valence-electron chi connectivity index (χ0n) is 21.4. The van der Waals surface area contributed by atoms with Crippen molar-refractivity contribution in [3.05, 3.63) is 50.7 Å². The van der Waals surface area contributed by atoms with Crippen LogP contribution in [0, 0.1) is 17.8 Å². The Bertz CT molecular complexity index is 1670. The second-order valence-corrected chi connectivity index (χ2v) is 12.0. The van der Waals surface area contributed by atoms with Crippen LogP contribution in [0.3, 0.4) is 0 Å². The maximum atomic E-state index is 12.9. The first-order chi connectivity index (χ1) is 17.3. The highest BCUT2D eigenvalue weighted by molar-refractivity contribution is 7.91. The van der Waals surface area contributed by atoms with E-state index in [4.69, 9.17) is 4.74 Å². The molecular formula is C25H29N5O6S. The molecule has 0 saturated heterocycles. The Labute approximate surface area is 214 Å². The number of rotatable bonds is 5. The zero-order chi connectivity index (χ0) is 27.1. The predicted octanol–water partition coefficient (Wildman–Crippen LogP) is 2.02. The molecule has 2 aromatic heterocycles. The van der Waals surface area contributed by atoms with E-state index in [0.29, 0.717) is 11.3 Å². The highest BCUT2D eigenvalue weighted by Crippen LogP contribution is 2.32. The van der Waals surface area contributed by atoms with E-state index < -0.39 is 32.8 Å². The fraction of sp³-hybridized carbons (Fsp3) is 0.440. The standard InChI is InChI=1S/C25H29N5O6S/c1-25(2,3)36-23(32)26-18-10-6-8-16(14-18)9-7-13-30-20-19(21(31)29(5)24(30)33)28(4)22(27-20)37(34,35)15-17-11-12-17/h6,8,10,14,17H,11-13,15H2,1-5H3,(H,26,32). The number of aromatic nitrogens is 4. The Balaban J connectivity index is 1.66. The molecule has 196 valence electrons. The smallest absolute Gasteiger partial charge is 0.412 e. The van der Waals surface area contributed by atoms with E-state index >= 15 is 0 Å². The molecule has 0 atom stereocenters. The number of nitrogens with one attached hydrogen (secondary N) is 1. The maximum Gasteiger partial charge on any atom is 0.412 e. The molecule has 37 heavy (non-hydrogen) atoms. The SMILES string of the molecule is Cn1c(=O)c2c(nc(S(=O)(=O)CC3CC3)n2C)n(CC#Cc2cccc(NC(=O)OC(C)(C)C)c2)c1=O. The molecule has 0 radical (unpaired) electrons. The number of carbonyl (C=O) groups is 1. The van der Waals surface area contributed by atoms with Crippen molar-refractivity contribution in [3.63, 3.8) is 0 Å². The number of anilines is 1. The van der Waals surface area contributed by atoms with Gasteiger partial charge < -0.3 is 9.30 Å². The number of hydrogen-bond donors (Lipinski definition) is 1. The Morgan fingerprint density at radius 3 is 2.54 bits per heavy atom. The molecule has 1 aliphatic carbocycles. The van der Waals surface area contributed by atoms with E-state index in [1.165, 1.54) is 23.2 Å². The third-order valence-corrected chi connectivity index (χ3v) is 7.56. The van der Waals surface area contributed by atoms with E-state index in [1.54, 1.807) is 45.0 Å². The van der Waals surface area contributed by atoms with Gasteiger partial charge in [0.25, 0.3) is 5.56 Å². The van der Waals surface area contributed by atoms with Gasteiger partial charge >= 0.3 is 11.8 Å². The van der Waals surface area contributed by atoms with Crippen LogP contribution in [0.25, 0.3) is 11.2 Å². The van der Waals surface area contributed by atoms with Gasteiger partial charge in [-0.15, -0.1) is 0 Å². The number of aryl methyl sites for hydroxylation is 1. The number of carbonyl (C=O) groups excluding carboxylic acids is 1. The number of fused-ring (bicyclic) bond motifs is 1. The van der Waals surface area contributed by atoms with Crippen molar-refractivity contribution in [2.75, 3.05) is 11.1 Å². The van der Waals surface area contributed by atoms with E-state index in [0.717, 1.165) is 17.4 Å². The van der Waals surface area contributed by atoms with Crippen molar-refractivity contribution in [2.24, 2.45) is 20.0 Å². The van der Waals surface area contributed by atoms with Crippen LogP contribution in [0.1, 0.15) is 39.2 Å². The third-order valence-electron chi connectivity index (χ3n) is 5.72. The second kappa shape index (κ2) is 9.55. The highest BCUT2D eigenvalue weighted by Gasteiger charge is 2.33. The first-order valence-corrected chi connectivity index (χ1v) is 13.4. The van der Waals surface area contributed by atoms with Crippen molar-refractivity contribution < 1.29 is 17.9 Å². The van der Waals surface area contributed by atoms with Crippen molar-refractivity contribution in [1.82, 2.24) is 18.7 Å². The number of amides is 1. The quantitative estimate of drug-likeness (QED) is 0.502. The molecule has 1 fully saturated rings. The molecule has 1 saturated carbocycles. The normalized spacial score (nSPS) is 13.8. The number of hydrogen-bond acceptors (Lipinski definition) is 7. The third kappa shape index (κ3) is 5.77. The second-order valence-electron chi connectivity index (χ2n) is 10.1. The molecule has 3 aromatic rings. The Morgan fingerprint density at radius 1 is 1.19 bits per heavy atom. The molecule has 4 rings (SSSR count). The number of sulfone groups is 1. The van der Waals surface area contributed by atoms with Crippen LogP contribution < -0.4 is 16.6 Å². The van der Waals surface area contributed by atoms with Gasteiger partial charge in [0.05, 0.1) is 12.3 Å². The lowest BCUT2D eigenvalue weighted by molar-refractivity contribution is 0.0636. The van der Waals surface area contributed by atoms with Gasteiger partial charge in [-0.25, -0.2) is 18.0 Å². The minimum Gasteiger partial charge on any atom is -0.444 e. The van der Waals surface area contributed by atoms with Gasteiger partial charge in [0.1, 0.15) is 5.60 Å². The fourth-order valence-electron chi connectivity index (χ4n) is 3.82. The lowest BCUT2D eigenvalue weighted by atomic mass is 10.2. The lowest BCUT2D eigenvalue weighted by Crippen LogP contribution is -2.38. The fourth-order valence-corrected chi connectivity index (χ4v) is 5.65. The van der Waals surface area contributed by atoms with Crippen molar-refractivity contribution in [1.29, 1.82) is 0 Å². The Kier molecular flexibility index (Phi) is 6.77. The summed E-state index contributed by atoms with van der Waals surface area (Å²) in [6, 6.07) is 6.78. The molecule has 0 bridgehead atoms. The van der Waals surface area contributed by atoms with Crippen molar-refractivity contribution in [2.45, 2.75) is 50.9 Å². The Morgan fingerprint density at radius 2 is 1.89 bits per heavy atom. The molecule has 0 unspecified atom stereocenters. The number of ether oxygens (including phenoxy) is 1. The van der Waals surface area contributed by atoms with E-state index in [9.17, 15) is 22.8 Å². The van der Waals surface area contributed by atoms with Crippen LogP contribution in [-0.2, 0) is 35.2 Å². The molecule has 1 aliphatic rings. The van der Waals surface area contributed by atoms with Gasteiger partial charge in [0, 0.05) is 25.3 Å². The van der Waals surface area contributed by atoms with E-state index in [2.05, 4.69) is 22.1 Å². The maximum absolute atomic E-state index is 12.9. The average molecular weight is 528 g/mol.